The first-order valence-electron chi connectivity index (χ1n) is 28.6. The third kappa shape index (κ3) is 6.59. The second kappa shape index (κ2) is 16.4. The predicted molar refractivity (Wildman–Crippen MR) is 254 cm³/mol. The van der Waals surface area contributed by atoms with E-state index in [1.165, 1.54) is 32.8 Å². The smallest absolute Gasteiger partial charge is 0.312 e. The van der Waals surface area contributed by atoms with E-state index in [-0.39, 0.29) is 131 Å². The third-order valence-corrected chi connectivity index (χ3v) is 25.3. The quantitative estimate of drug-likeness (QED) is 0.194. The van der Waals surface area contributed by atoms with Gasteiger partial charge in [0.1, 0.15) is 42.2 Å². The Morgan fingerprint density at radius 1 is 0.493 bits per heavy atom. The Morgan fingerprint density at radius 3 is 1.78 bits per heavy atom. The van der Waals surface area contributed by atoms with Gasteiger partial charge in [-0.25, -0.2) is 0 Å². The van der Waals surface area contributed by atoms with Crippen molar-refractivity contribution >= 4 is 41.8 Å². The molecule has 8 heterocycles. The summed E-state index contributed by atoms with van der Waals surface area (Å²) in [6, 6.07) is 0. The fraction of sp³-hybridized carbons (Fsp3) is 0.879. The highest BCUT2D eigenvalue weighted by molar-refractivity contribution is 5.86. The molecule has 12 bridgehead atoms. The number of hydrogen-bond donors (Lipinski definition) is 0. The molecule has 0 radical (unpaired) electrons. The zero-order chi connectivity index (χ0) is 51.4. The zero-order valence-corrected chi connectivity index (χ0v) is 44.4. The van der Waals surface area contributed by atoms with Gasteiger partial charge in [0.2, 0.25) is 0 Å². The van der Waals surface area contributed by atoms with Crippen LogP contribution in [0.15, 0.2) is 0 Å². The molecule has 18 fully saturated rings. The Kier molecular flexibility index (Phi) is 11.0. The third-order valence-electron chi connectivity index (χ3n) is 25.3. The molecule has 0 aromatic rings. The van der Waals surface area contributed by atoms with Crippen molar-refractivity contribution in [3.63, 3.8) is 0 Å². The van der Waals surface area contributed by atoms with Crippen LogP contribution in [0.1, 0.15) is 127 Å². The summed E-state index contributed by atoms with van der Waals surface area (Å²) in [5.41, 5.74) is 0.199. The summed E-state index contributed by atoms with van der Waals surface area (Å²) in [5.74, 6) is 8.44. The molecule has 0 amide bonds. The minimum atomic E-state index is -0.249. The zero-order valence-electron chi connectivity index (χ0n) is 44.4. The first-order chi connectivity index (χ1) is 34.6. The lowest BCUT2D eigenvalue weighted by molar-refractivity contribution is -0.153. The molecule has 8 aliphatic heterocycles. The molecule has 10 saturated carbocycles. The maximum atomic E-state index is 11.7. The Bertz CT molecular complexity index is 2400. The molecule has 10 aliphatic carbocycles. The van der Waals surface area contributed by atoms with Gasteiger partial charge in [-0.1, -0.05) is 48.5 Å². The monoisotopic (exact) mass is 1010 g/mol. The van der Waals surface area contributed by atoms with Crippen molar-refractivity contribution in [3.8, 4) is 0 Å². The van der Waals surface area contributed by atoms with E-state index in [0.717, 1.165) is 56.3 Å². The molecule has 31 atom stereocenters. The van der Waals surface area contributed by atoms with Crippen LogP contribution in [0.2, 0.25) is 0 Å². The second-order valence-corrected chi connectivity index (χ2v) is 27.6. The Balaban J connectivity index is 0.0000000851. The molecule has 15 heteroatoms. The molecular formula is C58H78O15. The number of hydrogen-bond acceptors (Lipinski definition) is 15. The van der Waals surface area contributed by atoms with Crippen LogP contribution in [0, 0.1) is 135 Å². The second-order valence-electron chi connectivity index (χ2n) is 27.6. The highest BCUT2D eigenvalue weighted by Gasteiger charge is 2.71. The molecule has 31 unspecified atom stereocenters. The summed E-state index contributed by atoms with van der Waals surface area (Å²) >= 11 is 0. The van der Waals surface area contributed by atoms with Gasteiger partial charge in [-0.15, -0.1) is 0 Å². The summed E-state index contributed by atoms with van der Waals surface area (Å²) in [6.45, 7) is 19.6. The SMILES string of the molecule is CC1C2CC3C(=O)OC1(C)C3C2.CC1C2CC3C(=O)OC1C3O2.CC1C2CC3OC(=O)C1(C)C3C2.CC1C2CC3OC(=O)C1C3C2.CC1C2OC(=O)C3CC1(C)CC32.COC(=O)C1C2CC3C(OC(=O)C31)C2C. The van der Waals surface area contributed by atoms with Crippen molar-refractivity contribution in [3.05, 3.63) is 0 Å². The van der Waals surface area contributed by atoms with Crippen molar-refractivity contribution < 1.29 is 71.5 Å². The van der Waals surface area contributed by atoms with Gasteiger partial charge >= 0.3 is 41.8 Å². The van der Waals surface area contributed by atoms with E-state index in [1.807, 2.05) is 0 Å². The van der Waals surface area contributed by atoms with E-state index in [2.05, 4.69) is 62.3 Å². The molecule has 0 aromatic carbocycles. The lowest BCUT2D eigenvalue weighted by Gasteiger charge is -2.32. The van der Waals surface area contributed by atoms with Crippen LogP contribution in [0.3, 0.4) is 0 Å². The molecule has 8 saturated heterocycles. The summed E-state index contributed by atoms with van der Waals surface area (Å²) < 4.78 is 42.4. The van der Waals surface area contributed by atoms with Gasteiger partial charge in [-0.05, 0) is 137 Å². The van der Waals surface area contributed by atoms with Gasteiger partial charge in [0.25, 0.3) is 0 Å². The van der Waals surface area contributed by atoms with Gasteiger partial charge in [0.15, 0.2) is 0 Å². The number of rotatable bonds is 1. The summed E-state index contributed by atoms with van der Waals surface area (Å²) in [6.07, 6.45) is 12.6. The van der Waals surface area contributed by atoms with E-state index in [4.69, 9.17) is 37.9 Å². The molecule has 400 valence electrons. The van der Waals surface area contributed by atoms with Gasteiger partial charge in [-0.2, -0.15) is 0 Å². The normalized spacial score (nSPS) is 58.2. The molecule has 0 aromatic heterocycles. The maximum absolute atomic E-state index is 11.7. The highest BCUT2D eigenvalue weighted by Crippen LogP contribution is 2.67. The van der Waals surface area contributed by atoms with Crippen molar-refractivity contribution in [2.24, 2.45) is 135 Å². The first-order valence-corrected chi connectivity index (χ1v) is 28.6. The average molecular weight is 1020 g/mol. The number of carbonyl (C=O) groups is 7. The van der Waals surface area contributed by atoms with Crippen LogP contribution in [0.4, 0.5) is 0 Å². The number of ether oxygens (including phenoxy) is 8. The molecule has 73 heavy (non-hydrogen) atoms. The van der Waals surface area contributed by atoms with Crippen molar-refractivity contribution in [1.29, 1.82) is 0 Å². The average Bonchev–Trinajstić information content (AvgIpc) is 4.16. The molecule has 18 rings (SSSR count). The number of fused-ring (bicyclic) bond motifs is 6. The minimum Gasteiger partial charge on any atom is -0.469 e. The number of esters is 7. The molecule has 0 spiro atoms. The molecule has 0 N–H and O–H groups in total. The number of carbonyl (C=O) groups excluding carboxylic acids is 7. The fourth-order valence-corrected chi connectivity index (χ4v) is 20.5. The lowest BCUT2D eigenvalue weighted by Crippen LogP contribution is -2.37. The van der Waals surface area contributed by atoms with Crippen LogP contribution in [0.25, 0.3) is 0 Å². The van der Waals surface area contributed by atoms with Crippen molar-refractivity contribution in [2.45, 2.75) is 175 Å². The predicted octanol–water partition coefficient (Wildman–Crippen LogP) is 6.92. The van der Waals surface area contributed by atoms with Gasteiger partial charge < -0.3 is 37.9 Å². The van der Waals surface area contributed by atoms with Crippen LogP contribution in [0.5, 0.6) is 0 Å². The van der Waals surface area contributed by atoms with Crippen LogP contribution >= 0.6 is 0 Å². The van der Waals surface area contributed by atoms with Crippen LogP contribution in [-0.4, -0.2) is 97.2 Å². The van der Waals surface area contributed by atoms with Gasteiger partial charge in [0, 0.05) is 35.5 Å². The minimum absolute atomic E-state index is 0.0353. The van der Waals surface area contributed by atoms with Crippen LogP contribution < -0.4 is 0 Å². The highest BCUT2D eigenvalue weighted by atomic mass is 16.6. The topological polar surface area (TPSA) is 193 Å². The first kappa shape index (κ1) is 48.9. The molecule has 18 aliphatic rings. The Labute approximate surface area is 429 Å². The Hall–Kier alpha value is -3.75. The maximum Gasteiger partial charge on any atom is 0.312 e. The van der Waals surface area contributed by atoms with E-state index in [1.54, 1.807) is 0 Å². The van der Waals surface area contributed by atoms with Crippen molar-refractivity contribution in [2.75, 3.05) is 7.11 Å². The summed E-state index contributed by atoms with van der Waals surface area (Å²) in [4.78, 5) is 80.1. The largest absolute Gasteiger partial charge is 0.469 e. The van der Waals surface area contributed by atoms with E-state index >= 15 is 0 Å². The lowest BCUT2D eigenvalue weighted by atomic mass is 9.69. The van der Waals surface area contributed by atoms with Gasteiger partial charge in [0.05, 0.1) is 54.1 Å². The summed E-state index contributed by atoms with van der Waals surface area (Å²) in [5, 5.41) is 0. The standard InChI is InChI=1S/C11H14O4.3C10H14O2.C9H12O2.C8H10O3/c1-4-5-3-6-8(7(5)10(12)14-2)11(13)15-9(4)6;1-5-8-6-3-10(5,2)4-7(6)9(11)12-8;1-5-6-3-7-8(4-6)12-9(11)10(5,7)2;1-5-6-3-7-8(4-6)10(5,2)12-9(7)11;1-4-5-2-6-7(3-5)11-9(10)8(4)6;1-3-5-2-4-7(10-5)6(3)11-8(4)9/h4-9H,3H2,1-2H3;3*5-8H,3-4H2,1-2H3;4-8H,2-3H2,1H3;3-7H,2H2,1H3. The number of methoxy groups -OCH3 is 1. The molecular weight excluding hydrogens is 937 g/mol. The Morgan fingerprint density at radius 2 is 1.16 bits per heavy atom. The fourth-order valence-electron chi connectivity index (χ4n) is 20.5. The molecule has 15 nitrogen and oxygen atoms in total. The van der Waals surface area contributed by atoms with E-state index < -0.39 is 0 Å². The van der Waals surface area contributed by atoms with E-state index in [0.29, 0.717) is 76.8 Å². The summed E-state index contributed by atoms with van der Waals surface area (Å²) in [7, 11) is 1.39. The van der Waals surface area contributed by atoms with Gasteiger partial charge in [-0.3, -0.25) is 33.6 Å². The van der Waals surface area contributed by atoms with E-state index in [9.17, 15) is 33.6 Å². The van der Waals surface area contributed by atoms with Crippen molar-refractivity contribution in [1.82, 2.24) is 0 Å². The van der Waals surface area contributed by atoms with Crippen LogP contribution in [-0.2, 0) is 71.5 Å².